The summed E-state index contributed by atoms with van der Waals surface area (Å²) in [5.74, 6) is -0.614. The first-order chi connectivity index (χ1) is 8.74. The average molecular weight is 238 g/mol. The summed E-state index contributed by atoms with van der Waals surface area (Å²) in [7, 11) is 0. The summed E-state index contributed by atoms with van der Waals surface area (Å²) >= 11 is 0. The van der Waals surface area contributed by atoms with Gasteiger partial charge in [0.15, 0.2) is 0 Å². The zero-order chi connectivity index (χ0) is 13.0. The molecule has 1 amide bonds. The van der Waals surface area contributed by atoms with Gasteiger partial charge in [0.1, 0.15) is 0 Å². The van der Waals surface area contributed by atoms with Gasteiger partial charge in [-0.25, -0.2) is 0 Å². The van der Waals surface area contributed by atoms with Gasteiger partial charge in [0, 0.05) is 4.91 Å². The summed E-state index contributed by atoms with van der Waals surface area (Å²) in [6, 6.07) is 14.4. The molecule has 2 rings (SSSR count). The van der Waals surface area contributed by atoms with Crippen molar-refractivity contribution in [3.05, 3.63) is 64.5 Å². The molecule has 0 aliphatic rings. The van der Waals surface area contributed by atoms with Crippen LogP contribution in [0.25, 0.3) is 21.6 Å². The fourth-order valence-electron chi connectivity index (χ4n) is 1.79. The Morgan fingerprint density at radius 1 is 1.11 bits per heavy atom. The molecule has 2 aromatic carbocycles. The molecule has 2 aromatic rings. The molecule has 0 spiro atoms. The number of nitrogens with zero attached hydrogens (tertiary/aromatic N) is 3. The smallest absolute Gasteiger partial charge is 0.249 e. The molecule has 0 unspecified atom stereocenters. The predicted molar refractivity (Wildman–Crippen MR) is 69.2 cm³/mol. The number of primary amides is 1. The maximum atomic E-state index is 11.5. The third-order valence-electron chi connectivity index (χ3n) is 2.53. The molecule has 18 heavy (non-hydrogen) atoms. The lowest BCUT2D eigenvalue weighted by Crippen LogP contribution is -2.12. The van der Waals surface area contributed by atoms with E-state index in [-0.39, 0.29) is 11.3 Å². The van der Waals surface area contributed by atoms with Gasteiger partial charge in [0.2, 0.25) is 5.91 Å². The first-order valence-corrected chi connectivity index (χ1v) is 5.27. The van der Waals surface area contributed by atoms with Crippen LogP contribution < -0.4 is 5.73 Å². The topological polar surface area (TPSA) is 91.8 Å². The van der Waals surface area contributed by atoms with Gasteiger partial charge in [-0.2, -0.15) is 0 Å². The molecule has 5 heteroatoms. The minimum absolute atomic E-state index is 0.238. The maximum absolute atomic E-state index is 11.5. The summed E-state index contributed by atoms with van der Waals surface area (Å²) in [5.41, 5.74) is 15.8. The van der Waals surface area contributed by atoms with Crippen LogP contribution in [-0.4, -0.2) is 5.91 Å². The fourth-order valence-corrected chi connectivity index (χ4v) is 1.79. The number of rotatable bonds is 3. The van der Waals surface area contributed by atoms with E-state index in [0.29, 0.717) is 5.56 Å². The van der Waals surface area contributed by atoms with Crippen LogP contribution in [0.2, 0.25) is 0 Å². The second kappa shape index (κ2) is 5.03. The molecule has 0 radical (unpaired) electrons. The molecule has 0 aromatic heterocycles. The summed E-state index contributed by atoms with van der Waals surface area (Å²) in [6.45, 7) is 0. The van der Waals surface area contributed by atoms with Crippen molar-refractivity contribution in [1.82, 2.24) is 0 Å². The van der Waals surface area contributed by atoms with Gasteiger partial charge in [-0.05, 0) is 16.7 Å². The fraction of sp³-hybridized carbons (Fsp3) is 0. The molecule has 0 saturated heterocycles. The lowest BCUT2D eigenvalue weighted by atomic mass is 9.98. The molecule has 0 atom stereocenters. The standard InChI is InChI=1S/C13H10N4O/c14-13(18)12-10(9-5-2-1-3-6-9)7-4-8-11(12)16-17-15/h1-8H,(H2,14,18). The summed E-state index contributed by atoms with van der Waals surface area (Å²) in [4.78, 5) is 14.2. The number of benzene rings is 2. The molecule has 5 nitrogen and oxygen atoms in total. The van der Waals surface area contributed by atoms with Gasteiger partial charge in [0.05, 0.1) is 11.3 Å². The van der Waals surface area contributed by atoms with Crippen LogP contribution in [-0.2, 0) is 0 Å². The predicted octanol–water partition coefficient (Wildman–Crippen LogP) is 3.39. The highest BCUT2D eigenvalue weighted by Gasteiger charge is 2.13. The Balaban J connectivity index is 2.72. The molecule has 0 saturated carbocycles. The minimum Gasteiger partial charge on any atom is -0.366 e. The number of azide groups is 1. The van der Waals surface area contributed by atoms with Crippen molar-refractivity contribution in [3.63, 3.8) is 0 Å². The third kappa shape index (κ3) is 2.16. The van der Waals surface area contributed by atoms with Gasteiger partial charge in [-0.1, -0.05) is 53.6 Å². The molecule has 0 aliphatic heterocycles. The zero-order valence-electron chi connectivity index (χ0n) is 9.45. The number of carbonyl (C=O) groups is 1. The van der Waals surface area contributed by atoms with E-state index in [9.17, 15) is 4.79 Å². The van der Waals surface area contributed by atoms with E-state index >= 15 is 0 Å². The van der Waals surface area contributed by atoms with E-state index in [1.54, 1.807) is 18.2 Å². The molecular formula is C13H10N4O. The molecule has 0 fully saturated rings. The van der Waals surface area contributed by atoms with E-state index in [0.717, 1.165) is 5.56 Å². The zero-order valence-corrected chi connectivity index (χ0v) is 9.45. The van der Waals surface area contributed by atoms with Crippen molar-refractivity contribution < 1.29 is 4.79 Å². The van der Waals surface area contributed by atoms with Crippen molar-refractivity contribution in [2.75, 3.05) is 0 Å². The summed E-state index contributed by atoms with van der Waals surface area (Å²) in [6.07, 6.45) is 0. The molecule has 0 heterocycles. The Labute approximate surface area is 103 Å². The van der Waals surface area contributed by atoms with E-state index in [2.05, 4.69) is 10.0 Å². The van der Waals surface area contributed by atoms with Crippen LogP contribution >= 0.6 is 0 Å². The summed E-state index contributed by atoms with van der Waals surface area (Å²) in [5, 5.41) is 3.49. The highest BCUT2D eigenvalue weighted by molar-refractivity contribution is 6.04. The van der Waals surface area contributed by atoms with E-state index in [1.165, 1.54) is 0 Å². The molecule has 0 aliphatic carbocycles. The largest absolute Gasteiger partial charge is 0.366 e. The van der Waals surface area contributed by atoms with E-state index < -0.39 is 5.91 Å². The van der Waals surface area contributed by atoms with Crippen molar-refractivity contribution in [2.45, 2.75) is 0 Å². The number of hydrogen-bond acceptors (Lipinski definition) is 2. The van der Waals surface area contributed by atoms with Crippen LogP contribution in [0, 0.1) is 0 Å². The SMILES string of the molecule is [N-]=[N+]=Nc1cccc(-c2ccccc2)c1C(N)=O. The lowest BCUT2D eigenvalue weighted by Gasteiger charge is -2.09. The number of amides is 1. The highest BCUT2D eigenvalue weighted by atomic mass is 16.1. The van der Waals surface area contributed by atoms with Crippen LogP contribution in [0.4, 0.5) is 5.69 Å². The van der Waals surface area contributed by atoms with E-state index in [1.807, 2.05) is 30.3 Å². The lowest BCUT2D eigenvalue weighted by molar-refractivity contribution is 0.100. The number of nitrogens with two attached hydrogens (primary N) is 1. The Bertz CT molecular complexity index is 631. The summed E-state index contributed by atoms with van der Waals surface area (Å²) < 4.78 is 0. The van der Waals surface area contributed by atoms with Crippen molar-refractivity contribution in [3.8, 4) is 11.1 Å². The van der Waals surface area contributed by atoms with Gasteiger partial charge in [0.25, 0.3) is 0 Å². The number of hydrogen-bond donors (Lipinski definition) is 1. The van der Waals surface area contributed by atoms with Crippen molar-refractivity contribution in [2.24, 2.45) is 10.8 Å². The monoisotopic (exact) mass is 238 g/mol. The Hall–Kier alpha value is -2.78. The Kier molecular flexibility index (Phi) is 3.27. The second-order valence-electron chi connectivity index (χ2n) is 3.62. The van der Waals surface area contributed by atoms with Crippen molar-refractivity contribution in [1.29, 1.82) is 0 Å². The number of carbonyl (C=O) groups excluding carboxylic acids is 1. The quantitative estimate of drug-likeness (QED) is 0.495. The molecule has 88 valence electrons. The van der Waals surface area contributed by atoms with Crippen LogP contribution in [0.3, 0.4) is 0 Å². The maximum Gasteiger partial charge on any atom is 0.249 e. The van der Waals surface area contributed by atoms with Gasteiger partial charge in [-0.3, -0.25) is 4.79 Å². The van der Waals surface area contributed by atoms with E-state index in [4.69, 9.17) is 11.3 Å². The second-order valence-corrected chi connectivity index (χ2v) is 3.62. The average Bonchev–Trinajstić information content (AvgIpc) is 2.39. The van der Waals surface area contributed by atoms with Crippen LogP contribution in [0.5, 0.6) is 0 Å². The van der Waals surface area contributed by atoms with Gasteiger partial charge >= 0.3 is 0 Å². The molecular weight excluding hydrogens is 228 g/mol. The van der Waals surface area contributed by atoms with Crippen molar-refractivity contribution >= 4 is 11.6 Å². The van der Waals surface area contributed by atoms with Crippen LogP contribution in [0.15, 0.2) is 53.6 Å². The molecule has 2 N–H and O–H groups in total. The highest BCUT2D eigenvalue weighted by Crippen LogP contribution is 2.30. The van der Waals surface area contributed by atoms with Gasteiger partial charge in [-0.15, -0.1) is 0 Å². The first kappa shape index (κ1) is 11.7. The Morgan fingerprint density at radius 2 is 1.83 bits per heavy atom. The minimum atomic E-state index is -0.614. The normalized spacial score (nSPS) is 9.56. The van der Waals surface area contributed by atoms with Crippen LogP contribution in [0.1, 0.15) is 10.4 Å². The van der Waals surface area contributed by atoms with Gasteiger partial charge < -0.3 is 5.73 Å². The first-order valence-electron chi connectivity index (χ1n) is 5.27. The molecule has 0 bridgehead atoms. The third-order valence-corrected chi connectivity index (χ3v) is 2.53. The Morgan fingerprint density at radius 3 is 2.44 bits per heavy atom.